The zero-order valence-corrected chi connectivity index (χ0v) is 7.53. The SMILES string of the molecule is COc1ccc(N)cc1C=CCO. The van der Waals surface area contributed by atoms with Crippen LogP contribution in [0.1, 0.15) is 5.56 Å². The van der Waals surface area contributed by atoms with E-state index in [1.54, 1.807) is 37.5 Å². The van der Waals surface area contributed by atoms with Crippen LogP contribution in [0.5, 0.6) is 5.75 Å². The topological polar surface area (TPSA) is 55.5 Å². The summed E-state index contributed by atoms with van der Waals surface area (Å²) in [6, 6.07) is 5.37. The predicted molar refractivity (Wildman–Crippen MR) is 53.5 cm³/mol. The molecule has 0 saturated carbocycles. The molecule has 0 bridgehead atoms. The van der Waals surface area contributed by atoms with Crippen molar-refractivity contribution in [3.05, 3.63) is 29.8 Å². The number of ether oxygens (including phenoxy) is 1. The number of anilines is 1. The van der Waals surface area contributed by atoms with Crippen LogP contribution in [-0.4, -0.2) is 18.8 Å². The van der Waals surface area contributed by atoms with Crippen LogP contribution in [0.15, 0.2) is 24.3 Å². The molecule has 0 aliphatic rings. The summed E-state index contributed by atoms with van der Waals surface area (Å²) < 4.78 is 5.11. The van der Waals surface area contributed by atoms with E-state index in [0.717, 1.165) is 11.3 Å². The van der Waals surface area contributed by atoms with Gasteiger partial charge in [0.15, 0.2) is 0 Å². The molecule has 0 radical (unpaired) electrons. The van der Waals surface area contributed by atoms with Gasteiger partial charge in [-0.05, 0) is 18.2 Å². The van der Waals surface area contributed by atoms with E-state index < -0.39 is 0 Å². The van der Waals surface area contributed by atoms with E-state index in [1.807, 2.05) is 0 Å². The molecule has 3 N–H and O–H groups in total. The van der Waals surface area contributed by atoms with Crippen LogP contribution >= 0.6 is 0 Å². The lowest BCUT2D eigenvalue weighted by molar-refractivity contribution is 0.343. The lowest BCUT2D eigenvalue weighted by Crippen LogP contribution is -1.90. The van der Waals surface area contributed by atoms with E-state index in [9.17, 15) is 0 Å². The monoisotopic (exact) mass is 179 g/mol. The van der Waals surface area contributed by atoms with Gasteiger partial charge in [-0.2, -0.15) is 0 Å². The van der Waals surface area contributed by atoms with Crippen LogP contribution in [0.25, 0.3) is 6.08 Å². The van der Waals surface area contributed by atoms with Crippen molar-refractivity contribution >= 4 is 11.8 Å². The maximum Gasteiger partial charge on any atom is 0.126 e. The number of hydrogen-bond donors (Lipinski definition) is 2. The average Bonchev–Trinajstić information content (AvgIpc) is 2.15. The first-order valence-electron chi connectivity index (χ1n) is 3.99. The van der Waals surface area contributed by atoms with Crippen LogP contribution in [0.2, 0.25) is 0 Å². The number of methoxy groups -OCH3 is 1. The Labute approximate surface area is 77.4 Å². The number of nitrogen functional groups attached to an aromatic ring is 1. The number of benzene rings is 1. The number of aliphatic hydroxyl groups is 1. The minimum absolute atomic E-state index is 0.0119. The molecule has 0 spiro atoms. The summed E-state index contributed by atoms with van der Waals surface area (Å²) in [6.45, 7) is 0.0119. The molecule has 0 amide bonds. The van der Waals surface area contributed by atoms with Gasteiger partial charge in [-0.1, -0.05) is 12.2 Å². The summed E-state index contributed by atoms with van der Waals surface area (Å²) in [7, 11) is 1.60. The lowest BCUT2D eigenvalue weighted by Gasteiger charge is -2.04. The third kappa shape index (κ3) is 2.49. The maximum atomic E-state index is 8.60. The molecule has 13 heavy (non-hydrogen) atoms. The fourth-order valence-corrected chi connectivity index (χ4v) is 1.06. The first kappa shape index (κ1) is 9.61. The van der Waals surface area contributed by atoms with Crippen molar-refractivity contribution < 1.29 is 9.84 Å². The minimum atomic E-state index is 0.0119. The number of aliphatic hydroxyl groups excluding tert-OH is 1. The van der Waals surface area contributed by atoms with Crippen molar-refractivity contribution in [1.82, 2.24) is 0 Å². The summed E-state index contributed by atoms with van der Waals surface area (Å²) in [6.07, 6.45) is 3.41. The number of rotatable bonds is 3. The Balaban J connectivity index is 3.01. The summed E-state index contributed by atoms with van der Waals surface area (Å²) in [5, 5.41) is 8.60. The Kier molecular flexibility index (Phi) is 3.34. The van der Waals surface area contributed by atoms with Gasteiger partial charge in [-0.25, -0.2) is 0 Å². The van der Waals surface area contributed by atoms with Gasteiger partial charge in [0.2, 0.25) is 0 Å². The molecule has 1 aromatic rings. The highest BCUT2D eigenvalue weighted by molar-refractivity contribution is 5.62. The number of hydrogen-bond acceptors (Lipinski definition) is 3. The maximum absolute atomic E-state index is 8.60. The second kappa shape index (κ2) is 4.52. The van der Waals surface area contributed by atoms with E-state index in [1.165, 1.54) is 0 Å². The third-order valence-corrected chi connectivity index (χ3v) is 1.66. The molecule has 0 fully saturated rings. The Morgan fingerprint density at radius 2 is 2.31 bits per heavy atom. The molecule has 3 heteroatoms. The molecular weight excluding hydrogens is 166 g/mol. The molecule has 0 unspecified atom stereocenters. The van der Waals surface area contributed by atoms with E-state index in [0.29, 0.717) is 5.69 Å². The smallest absolute Gasteiger partial charge is 0.126 e. The van der Waals surface area contributed by atoms with Crippen LogP contribution in [-0.2, 0) is 0 Å². The Morgan fingerprint density at radius 1 is 1.54 bits per heavy atom. The normalized spacial score (nSPS) is 10.6. The summed E-state index contributed by atoms with van der Waals surface area (Å²) in [4.78, 5) is 0. The molecule has 0 atom stereocenters. The molecule has 0 aromatic heterocycles. The molecule has 1 aromatic carbocycles. The molecule has 0 heterocycles. The second-order valence-corrected chi connectivity index (χ2v) is 2.59. The van der Waals surface area contributed by atoms with Gasteiger partial charge < -0.3 is 15.6 Å². The first-order valence-corrected chi connectivity index (χ1v) is 3.99. The largest absolute Gasteiger partial charge is 0.496 e. The van der Waals surface area contributed by atoms with E-state index in [-0.39, 0.29) is 6.61 Å². The van der Waals surface area contributed by atoms with Crippen LogP contribution in [0, 0.1) is 0 Å². The van der Waals surface area contributed by atoms with Gasteiger partial charge in [-0.3, -0.25) is 0 Å². The van der Waals surface area contributed by atoms with Crippen LogP contribution < -0.4 is 10.5 Å². The number of nitrogens with two attached hydrogens (primary N) is 1. The molecule has 3 nitrogen and oxygen atoms in total. The van der Waals surface area contributed by atoms with Crippen LogP contribution in [0.4, 0.5) is 5.69 Å². The van der Waals surface area contributed by atoms with Crippen molar-refractivity contribution in [3.8, 4) is 5.75 Å². The summed E-state index contributed by atoms with van der Waals surface area (Å²) in [5.74, 6) is 0.749. The van der Waals surface area contributed by atoms with Crippen molar-refractivity contribution in [2.24, 2.45) is 0 Å². The Bertz CT molecular complexity index is 308. The van der Waals surface area contributed by atoms with Gasteiger partial charge in [0, 0.05) is 11.3 Å². The van der Waals surface area contributed by atoms with Gasteiger partial charge in [-0.15, -0.1) is 0 Å². The third-order valence-electron chi connectivity index (χ3n) is 1.66. The zero-order valence-electron chi connectivity index (χ0n) is 7.53. The van der Waals surface area contributed by atoms with E-state index in [4.69, 9.17) is 15.6 Å². The van der Waals surface area contributed by atoms with Crippen molar-refractivity contribution in [3.63, 3.8) is 0 Å². The Hall–Kier alpha value is -1.48. The highest BCUT2D eigenvalue weighted by Gasteiger charge is 1.98. The summed E-state index contributed by atoms with van der Waals surface area (Å²) in [5.41, 5.74) is 7.15. The molecule has 70 valence electrons. The Morgan fingerprint density at radius 3 is 2.92 bits per heavy atom. The first-order chi connectivity index (χ1) is 6.27. The summed E-state index contributed by atoms with van der Waals surface area (Å²) >= 11 is 0. The molecular formula is C10H13NO2. The predicted octanol–water partition coefficient (Wildman–Crippen LogP) is 1.28. The van der Waals surface area contributed by atoms with Crippen molar-refractivity contribution in [2.45, 2.75) is 0 Å². The average molecular weight is 179 g/mol. The fraction of sp³-hybridized carbons (Fsp3) is 0.200. The molecule has 0 aliphatic carbocycles. The fourth-order valence-electron chi connectivity index (χ4n) is 1.06. The highest BCUT2D eigenvalue weighted by Crippen LogP contribution is 2.22. The van der Waals surface area contributed by atoms with Gasteiger partial charge in [0.1, 0.15) is 5.75 Å². The highest BCUT2D eigenvalue weighted by atomic mass is 16.5. The van der Waals surface area contributed by atoms with Crippen LogP contribution in [0.3, 0.4) is 0 Å². The van der Waals surface area contributed by atoms with Gasteiger partial charge >= 0.3 is 0 Å². The van der Waals surface area contributed by atoms with Gasteiger partial charge in [0.05, 0.1) is 13.7 Å². The standard InChI is InChI=1S/C10H13NO2/c1-13-10-5-4-9(11)7-8(10)3-2-6-12/h2-5,7,12H,6,11H2,1H3. The molecule has 1 rings (SSSR count). The second-order valence-electron chi connectivity index (χ2n) is 2.59. The quantitative estimate of drug-likeness (QED) is 0.687. The zero-order chi connectivity index (χ0) is 9.68. The molecule has 0 saturated heterocycles. The molecule has 0 aliphatic heterocycles. The van der Waals surface area contributed by atoms with Gasteiger partial charge in [0.25, 0.3) is 0 Å². The lowest BCUT2D eigenvalue weighted by atomic mass is 10.1. The van der Waals surface area contributed by atoms with Crippen molar-refractivity contribution in [2.75, 3.05) is 19.5 Å². The minimum Gasteiger partial charge on any atom is -0.496 e. The van der Waals surface area contributed by atoms with E-state index >= 15 is 0 Å². The van der Waals surface area contributed by atoms with E-state index in [2.05, 4.69) is 0 Å². The van der Waals surface area contributed by atoms with Crippen molar-refractivity contribution in [1.29, 1.82) is 0 Å².